The molecule has 16 heavy (non-hydrogen) atoms. The lowest BCUT2D eigenvalue weighted by Gasteiger charge is -2.25. The number of carbonyl (C=O) groups excluding carboxylic acids is 2. The average Bonchev–Trinajstić information content (AvgIpc) is 2.26. The summed E-state index contributed by atoms with van der Waals surface area (Å²) in [6.45, 7) is 4.43. The lowest BCUT2D eigenvalue weighted by Crippen LogP contribution is -2.40. The highest BCUT2D eigenvalue weighted by Crippen LogP contribution is 2.16. The molecule has 1 aliphatic heterocycles. The van der Waals surface area contributed by atoms with Crippen LogP contribution in [0.1, 0.15) is 26.2 Å². The fraction of sp³-hybridized carbons (Fsp3) is 0.818. The predicted molar refractivity (Wildman–Crippen MR) is 61.7 cm³/mol. The monoisotopic (exact) mass is 227 g/mol. The van der Waals surface area contributed by atoms with Gasteiger partial charge in [0.2, 0.25) is 11.8 Å². The first-order chi connectivity index (χ1) is 7.63. The van der Waals surface area contributed by atoms with Gasteiger partial charge in [0.25, 0.3) is 0 Å². The Morgan fingerprint density at radius 3 is 2.50 bits per heavy atom. The minimum atomic E-state index is -0.444. The smallest absolute Gasteiger partial charge is 0.237 e. The van der Waals surface area contributed by atoms with Gasteiger partial charge in [-0.1, -0.05) is 0 Å². The van der Waals surface area contributed by atoms with E-state index in [9.17, 15) is 9.59 Å². The molecule has 0 aliphatic carbocycles. The molecular formula is C11H21N3O2. The summed E-state index contributed by atoms with van der Waals surface area (Å²) in [7, 11) is 0. The molecule has 1 fully saturated rings. The van der Waals surface area contributed by atoms with Crippen molar-refractivity contribution in [3.63, 3.8) is 0 Å². The zero-order valence-corrected chi connectivity index (χ0v) is 9.87. The van der Waals surface area contributed by atoms with Gasteiger partial charge in [0.05, 0.1) is 6.54 Å². The summed E-state index contributed by atoms with van der Waals surface area (Å²) in [5.41, 5.74) is 5.10. The number of amides is 2. The molecule has 5 heteroatoms. The minimum absolute atomic E-state index is 0.0420. The molecule has 1 aliphatic rings. The average molecular weight is 227 g/mol. The van der Waals surface area contributed by atoms with Crippen LogP contribution in [0.4, 0.5) is 0 Å². The van der Waals surface area contributed by atoms with E-state index in [0.717, 1.165) is 25.9 Å². The number of nitrogens with zero attached hydrogens (tertiary/aromatic N) is 1. The van der Waals surface area contributed by atoms with Crippen molar-refractivity contribution in [2.24, 2.45) is 11.7 Å². The predicted octanol–water partition coefficient (Wildman–Crippen LogP) is -0.290. The van der Waals surface area contributed by atoms with Crippen LogP contribution in [0.5, 0.6) is 0 Å². The number of nitrogens with two attached hydrogens (primary N) is 1. The Hall–Kier alpha value is -1.10. The van der Waals surface area contributed by atoms with Crippen LogP contribution in [0.3, 0.4) is 0 Å². The number of hydrogen-bond acceptors (Lipinski definition) is 3. The zero-order chi connectivity index (χ0) is 12.0. The highest BCUT2D eigenvalue weighted by molar-refractivity contribution is 5.83. The first kappa shape index (κ1) is 13.0. The third-order valence-corrected chi connectivity index (χ3v) is 3.00. The SMILES string of the molecule is CCN(CC(N)=O)C(=O)CC1CCNCC1. The van der Waals surface area contributed by atoms with E-state index in [1.54, 1.807) is 0 Å². The van der Waals surface area contributed by atoms with Crippen LogP contribution in [0.25, 0.3) is 0 Å². The normalized spacial score (nSPS) is 17.1. The first-order valence-electron chi connectivity index (χ1n) is 5.90. The van der Waals surface area contributed by atoms with Gasteiger partial charge < -0.3 is 16.0 Å². The molecule has 2 amide bonds. The van der Waals surface area contributed by atoms with Crippen LogP contribution in [-0.4, -0.2) is 42.9 Å². The summed E-state index contributed by atoms with van der Waals surface area (Å²) < 4.78 is 0. The molecule has 3 N–H and O–H groups in total. The van der Waals surface area contributed by atoms with Crippen LogP contribution >= 0.6 is 0 Å². The maximum Gasteiger partial charge on any atom is 0.237 e. The lowest BCUT2D eigenvalue weighted by atomic mass is 9.94. The molecule has 0 atom stereocenters. The van der Waals surface area contributed by atoms with E-state index < -0.39 is 5.91 Å². The van der Waals surface area contributed by atoms with Gasteiger partial charge in [-0.25, -0.2) is 0 Å². The van der Waals surface area contributed by atoms with Crippen LogP contribution in [0, 0.1) is 5.92 Å². The quantitative estimate of drug-likeness (QED) is 0.677. The molecule has 0 bridgehead atoms. The molecule has 92 valence electrons. The first-order valence-corrected chi connectivity index (χ1v) is 5.90. The van der Waals surface area contributed by atoms with Gasteiger partial charge >= 0.3 is 0 Å². The van der Waals surface area contributed by atoms with Crippen LogP contribution in [0.2, 0.25) is 0 Å². The standard InChI is InChI=1S/C11H21N3O2/c1-2-14(8-10(12)15)11(16)7-9-3-5-13-6-4-9/h9,13H,2-8H2,1H3,(H2,12,15). The Balaban J connectivity index is 2.38. The van der Waals surface area contributed by atoms with Crippen molar-refractivity contribution in [1.82, 2.24) is 10.2 Å². The summed E-state index contributed by atoms with van der Waals surface area (Å²) in [5.74, 6) is 0.0596. The Kier molecular flexibility index (Phi) is 5.25. The Morgan fingerprint density at radius 2 is 2.00 bits per heavy atom. The largest absolute Gasteiger partial charge is 0.368 e. The summed E-state index contributed by atoms with van der Waals surface area (Å²) in [6.07, 6.45) is 2.63. The number of rotatable bonds is 5. The number of carbonyl (C=O) groups is 2. The molecule has 5 nitrogen and oxygen atoms in total. The Bertz CT molecular complexity index is 250. The van der Waals surface area contributed by atoms with Crippen molar-refractivity contribution in [1.29, 1.82) is 0 Å². The lowest BCUT2D eigenvalue weighted by molar-refractivity contribution is -0.135. The number of piperidine rings is 1. The summed E-state index contributed by atoms with van der Waals surface area (Å²) in [6, 6.07) is 0. The van der Waals surface area contributed by atoms with Crippen molar-refractivity contribution in [2.45, 2.75) is 26.2 Å². The number of primary amides is 1. The molecule has 0 radical (unpaired) electrons. The zero-order valence-electron chi connectivity index (χ0n) is 9.87. The fourth-order valence-corrected chi connectivity index (χ4v) is 2.03. The van der Waals surface area contributed by atoms with Crippen LogP contribution < -0.4 is 11.1 Å². The van der Waals surface area contributed by atoms with Crippen molar-refractivity contribution >= 4 is 11.8 Å². The van der Waals surface area contributed by atoms with Gasteiger partial charge in [-0.05, 0) is 38.8 Å². The molecule has 0 spiro atoms. The molecule has 0 unspecified atom stereocenters. The summed E-state index contributed by atoms with van der Waals surface area (Å²) in [5, 5.41) is 3.26. The Labute approximate surface area is 96.4 Å². The van der Waals surface area contributed by atoms with E-state index >= 15 is 0 Å². The van der Waals surface area contributed by atoms with E-state index in [-0.39, 0.29) is 12.5 Å². The van der Waals surface area contributed by atoms with E-state index in [1.165, 1.54) is 4.90 Å². The molecule has 0 saturated carbocycles. The molecule has 1 saturated heterocycles. The second-order valence-electron chi connectivity index (χ2n) is 4.27. The fourth-order valence-electron chi connectivity index (χ4n) is 2.03. The van der Waals surface area contributed by atoms with Crippen molar-refractivity contribution < 1.29 is 9.59 Å². The van der Waals surface area contributed by atoms with E-state index in [2.05, 4.69) is 5.32 Å². The third-order valence-electron chi connectivity index (χ3n) is 3.00. The topological polar surface area (TPSA) is 75.4 Å². The number of nitrogens with one attached hydrogen (secondary N) is 1. The van der Waals surface area contributed by atoms with Gasteiger partial charge in [0.15, 0.2) is 0 Å². The minimum Gasteiger partial charge on any atom is -0.368 e. The van der Waals surface area contributed by atoms with E-state index in [0.29, 0.717) is 18.9 Å². The van der Waals surface area contributed by atoms with Crippen molar-refractivity contribution in [3.8, 4) is 0 Å². The van der Waals surface area contributed by atoms with Gasteiger partial charge in [-0.15, -0.1) is 0 Å². The Morgan fingerprint density at radius 1 is 1.38 bits per heavy atom. The molecule has 1 heterocycles. The van der Waals surface area contributed by atoms with Gasteiger partial charge in [0, 0.05) is 13.0 Å². The number of hydrogen-bond donors (Lipinski definition) is 2. The molecule has 1 rings (SSSR count). The highest BCUT2D eigenvalue weighted by Gasteiger charge is 2.20. The number of likely N-dealkylation sites (N-methyl/N-ethyl adjacent to an activating group) is 1. The van der Waals surface area contributed by atoms with Gasteiger partial charge in [-0.2, -0.15) is 0 Å². The molecule has 0 aromatic rings. The van der Waals surface area contributed by atoms with Crippen molar-refractivity contribution in [3.05, 3.63) is 0 Å². The molecule has 0 aromatic carbocycles. The van der Waals surface area contributed by atoms with Crippen molar-refractivity contribution in [2.75, 3.05) is 26.2 Å². The van der Waals surface area contributed by atoms with Gasteiger partial charge in [0.1, 0.15) is 0 Å². The summed E-state index contributed by atoms with van der Waals surface area (Å²) >= 11 is 0. The van der Waals surface area contributed by atoms with Crippen LogP contribution in [-0.2, 0) is 9.59 Å². The molecular weight excluding hydrogens is 206 g/mol. The molecule has 0 aromatic heterocycles. The highest BCUT2D eigenvalue weighted by atomic mass is 16.2. The van der Waals surface area contributed by atoms with Gasteiger partial charge in [-0.3, -0.25) is 9.59 Å². The third kappa shape index (κ3) is 4.18. The van der Waals surface area contributed by atoms with Crippen LogP contribution in [0.15, 0.2) is 0 Å². The second kappa shape index (κ2) is 6.48. The van der Waals surface area contributed by atoms with E-state index in [4.69, 9.17) is 5.73 Å². The second-order valence-corrected chi connectivity index (χ2v) is 4.27. The summed E-state index contributed by atoms with van der Waals surface area (Å²) in [4.78, 5) is 24.2. The van der Waals surface area contributed by atoms with E-state index in [1.807, 2.05) is 6.92 Å². The maximum absolute atomic E-state index is 11.9. The maximum atomic E-state index is 11.9.